The van der Waals surface area contributed by atoms with Gasteiger partial charge in [0.25, 0.3) is 0 Å². The Bertz CT molecular complexity index is 584. The highest BCUT2D eigenvalue weighted by Crippen LogP contribution is 2.19. The molecule has 0 saturated carbocycles. The lowest BCUT2D eigenvalue weighted by Crippen LogP contribution is -2.36. The Balaban J connectivity index is 2.26. The Hall–Kier alpha value is -1.07. The molecule has 0 atom stereocenters. The number of aliphatic imine (C=N–C) groups is 1. The summed E-state index contributed by atoms with van der Waals surface area (Å²) in [6.07, 6.45) is 1.53. The fourth-order valence-corrected chi connectivity index (χ4v) is 3.85. The molecule has 0 fully saturated rings. The topological polar surface area (TPSA) is 49.7 Å². The molecule has 1 aromatic rings. The number of sulfonamides is 1. The van der Waals surface area contributed by atoms with Gasteiger partial charge in [0.1, 0.15) is 5.84 Å². The van der Waals surface area contributed by atoms with Crippen LogP contribution in [0.4, 0.5) is 0 Å². The standard InChI is InChI=1S/C13H17ClN2O2S/c1-2-3-9-19(17,18)16-8-7-15-13(16)11-5-4-6-12(14)10-11/h4-6,10H,2-3,7-9H2,1H3. The van der Waals surface area contributed by atoms with Crippen molar-refractivity contribution in [3.8, 4) is 0 Å². The maximum atomic E-state index is 12.3. The van der Waals surface area contributed by atoms with Crippen LogP contribution in [0.1, 0.15) is 25.3 Å². The lowest BCUT2D eigenvalue weighted by molar-refractivity contribution is 0.535. The normalized spacial score (nSPS) is 15.7. The molecule has 0 unspecified atom stereocenters. The molecule has 0 radical (unpaired) electrons. The molecule has 0 saturated heterocycles. The second-order valence-corrected chi connectivity index (χ2v) is 6.91. The average molecular weight is 301 g/mol. The molecule has 0 bridgehead atoms. The highest BCUT2D eigenvalue weighted by atomic mass is 35.5. The van der Waals surface area contributed by atoms with Crippen LogP contribution in [0.25, 0.3) is 0 Å². The van der Waals surface area contributed by atoms with Crippen LogP contribution in [0.2, 0.25) is 5.02 Å². The molecule has 19 heavy (non-hydrogen) atoms. The first-order chi connectivity index (χ1) is 9.04. The molecule has 0 spiro atoms. The third-order valence-electron chi connectivity index (χ3n) is 2.98. The van der Waals surface area contributed by atoms with E-state index in [9.17, 15) is 8.42 Å². The molecule has 0 aromatic heterocycles. The van der Waals surface area contributed by atoms with Gasteiger partial charge in [0, 0.05) is 10.6 Å². The van der Waals surface area contributed by atoms with Crippen molar-refractivity contribution in [2.75, 3.05) is 18.8 Å². The number of rotatable bonds is 5. The molecule has 1 heterocycles. The van der Waals surface area contributed by atoms with E-state index in [0.717, 1.165) is 12.0 Å². The van der Waals surface area contributed by atoms with E-state index in [1.165, 1.54) is 4.31 Å². The third-order valence-corrected chi connectivity index (χ3v) is 5.04. The maximum Gasteiger partial charge on any atom is 0.236 e. The van der Waals surface area contributed by atoms with E-state index in [1.54, 1.807) is 18.2 Å². The van der Waals surface area contributed by atoms with E-state index >= 15 is 0 Å². The fraction of sp³-hybridized carbons (Fsp3) is 0.462. The first-order valence-corrected chi connectivity index (χ1v) is 8.34. The summed E-state index contributed by atoms with van der Waals surface area (Å²) in [5, 5.41) is 0.581. The van der Waals surface area contributed by atoms with Crippen LogP contribution >= 0.6 is 11.6 Å². The van der Waals surface area contributed by atoms with Gasteiger partial charge in [-0.1, -0.05) is 37.1 Å². The number of unbranched alkanes of at least 4 members (excludes halogenated alkanes) is 1. The molecule has 1 aliphatic rings. The molecule has 0 amide bonds. The molecule has 104 valence electrons. The molecule has 6 heteroatoms. The Morgan fingerprint density at radius 2 is 2.21 bits per heavy atom. The highest BCUT2D eigenvalue weighted by Gasteiger charge is 2.29. The van der Waals surface area contributed by atoms with Crippen molar-refractivity contribution < 1.29 is 8.42 Å². The molecule has 4 nitrogen and oxygen atoms in total. The number of nitrogens with zero attached hydrogens (tertiary/aromatic N) is 2. The minimum atomic E-state index is -3.27. The zero-order chi connectivity index (χ0) is 13.9. The van der Waals surface area contributed by atoms with Gasteiger partial charge in [0.2, 0.25) is 10.0 Å². The van der Waals surface area contributed by atoms with Crippen molar-refractivity contribution in [2.45, 2.75) is 19.8 Å². The quantitative estimate of drug-likeness (QED) is 0.839. The third kappa shape index (κ3) is 3.28. The number of amidine groups is 1. The van der Waals surface area contributed by atoms with Crippen molar-refractivity contribution in [1.29, 1.82) is 0 Å². The summed E-state index contributed by atoms with van der Waals surface area (Å²) >= 11 is 5.95. The molecule has 1 aromatic carbocycles. The lowest BCUT2D eigenvalue weighted by atomic mass is 10.2. The second-order valence-electron chi connectivity index (χ2n) is 4.46. The van der Waals surface area contributed by atoms with Crippen molar-refractivity contribution >= 4 is 27.5 Å². The number of hydrogen-bond donors (Lipinski definition) is 0. The fourth-order valence-electron chi connectivity index (χ4n) is 2.00. The summed E-state index contributed by atoms with van der Waals surface area (Å²) in [6, 6.07) is 7.14. The van der Waals surface area contributed by atoms with Crippen molar-refractivity contribution in [1.82, 2.24) is 4.31 Å². The van der Waals surface area contributed by atoms with Gasteiger partial charge < -0.3 is 0 Å². The minimum absolute atomic E-state index is 0.170. The Labute approximate surface area is 119 Å². The van der Waals surface area contributed by atoms with E-state index < -0.39 is 10.0 Å². The number of benzene rings is 1. The summed E-state index contributed by atoms with van der Waals surface area (Å²) < 4.78 is 26.0. The van der Waals surface area contributed by atoms with E-state index in [4.69, 9.17) is 11.6 Å². The zero-order valence-electron chi connectivity index (χ0n) is 10.8. The van der Waals surface area contributed by atoms with E-state index in [-0.39, 0.29) is 5.75 Å². The Morgan fingerprint density at radius 3 is 2.89 bits per heavy atom. The Kier molecular flexibility index (Phi) is 4.47. The SMILES string of the molecule is CCCCS(=O)(=O)N1CCN=C1c1cccc(Cl)c1. The van der Waals surface area contributed by atoms with Gasteiger partial charge in [0.15, 0.2) is 0 Å². The first-order valence-electron chi connectivity index (χ1n) is 6.35. The highest BCUT2D eigenvalue weighted by molar-refractivity contribution is 7.89. The van der Waals surface area contributed by atoms with Crippen LogP contribution in [-0.2, 0) is 10.0 Å². The summed E-state index contributed by atoms with van der Waals surface area (Å²) in [4.78, 5) is 4.31. The predicted molar refractivity (Wildman–Crippen MR) is 78.3 cm³/mol. The van der Waals surface area contributed by atoms with Gasteiger partial charge in [-0.2, -0.15) is 0 Å². The Morgan fingerprint density at radius 1 is 1.42 bits per heavy atom. The smallest absolute Gasteiger partial charge is 0.236 e. The largest absolute Gasteiger partial charge is 0.265 e. The zero-order valence-corrected chi connectivity index (χ0v) is 12.4. The maximum absolute atomic E-state index is 12.3. The monoisotopic (exact) mass is 300 g/mol. The second kappa shape index (κ2) is 5.92. The molecular weight excluding hydrogens is 284 g/mol. The van der Waals surface area contributed by atoms with E-state index in [1.807, 2.05) is 13.0 Å². The number of hydrogen-bond acceptors (Lipinski definition) is 3. The van der Waals surface area contributed by atoms with Gasteiger partial charge in [0.05, 0.1) is 18.8 Å². The molecule has 0 aliphatic carbocycles. The summed E-state index contributed by atoms with van der Waals surface area (Å²) in [5.74, 6) is 0.682. The van der Waals surface area contributed by atoms with Crippen LogP contribution in [-0.4, -0.2) is 37.4 Å². The van der Waals surface area contributed by atoms with E-state index in [0.29, 0.717) is 30.4 Å². The van der Waals surface area contributed by atoms with E-state index in [2.05, 4.69) is 4.99 Å². The van der Waals surface area contributed by atoms with Gasteiger partial charge in [-0.25, -0.2) is 8.42 Å². The first kappa shape index (κ1) is 14.3. The molecular formula is C13H17ClN2O2S. The molecule has 1 aliphatic heterocycles. The van der Waals surface area contributed by atoms with Crippen molar-refractivity contribution in [2.24, 2.45) is 4.99 Å². The van der Waals surface area contributed by atoms with Crippen LogP contribution < -0.4 is 0 Å². The van der Waals surface area contributed by atoms with Crippen molar-refractivity contribution in [3.05, 3.63) is 34.9 Å². The summed E-state index contributed by atoms with van der Waals surface area (Å²) in [7, 11) is -3.27. The summed E-state index contributed by atoms with van der Waals surface area (Å²) in [6.45, 7) is 2.91. The number of halogens is 1. The van der Waals surface area contributed by atoms with Gasteiger partial charge in [-0.15, -0.1) is 0 Å². The van der Waals surface area contributed by atoms with Gasteiger partial charge in [-0.3, -0.25) is 9.30 Å². The average Bonchev–Trinajstić information content (AvgIpc) is 2.86. The molecule has 0 N–H and O–H groups in total. The van der Waals surface area contributed by atoms with Crippen LogP contribution in [0.5, 0.6) is 0 Å². The van der Waals surface area contributed by atoms with Gasteiger partial charge in [-0.05, 0) is 18.6 Å². The predicted octanol–water partition coefficient (Wildman–Crippen LogP) is 2.53. The van der Waals surface area contributed by atoms with Gasteiger partial charge >= 0.3 is 0 Å². The molecule has 2 rings (SSSR count). The van der Waals surface area contributed by atoms with Crippen LogP contribution in [0.3, 0.4) is 0 Å². The summed E-state index contributed by atoms with van der Waals surface area (Å²) in [5.41, 5.74) is 0.755. The van der Waals surface area contributed by atoms with Crippen LogP contribution in [0.15, 0.2) is 29.3 Å². The van der Waals surface area contributed by atoms with Crippen LogP contribution in [0, 0.1) is 0 Å². The van der Waals surface area contributed by atoms with Crippen molar-refractivity contribution in [3.63, 3.8) is 0 Å². The minimum Gasteiger partial charge on any atom is -0.265 e. The lowest BCUT2D eigenvalue weighted by Gasteiger charge is -2.20.